The van der Waals surface area contributed by atoms with Crippen LogP contribution in [0.1, 0.15) is 12.8 Å². The molecule has 0 amide bonds. The van der Waals surface area contributed by atoms with E-state index >= 15 is 0 Å². The smallest absolute Gasteiger partial charge is 0.311 e. The van der Waals surface area contributed by atoms with E-state index in [0.29, 0.717) is 17.3 Å². The molecule has 3 aliphatic rings. The lowest BCUT2D eigenvalue weighted by Crippen LogP contribution is -2.39. The highest BCUT2D eigenvalue weighted by Crippen LogP contribution is 2.69. The summed E-state index contributed by atoms with van der Waals surface area (Å²) < 4.78 is 5.15. The lowest BCUT2D eigenvalue weighted by atomic mass is 9.88. The van der Waals surface area contributed by atoms with E-state index in [-0.39, 0.29) is 24.5 Å². The largest absolute Gasteiger partial charge is 0.461 e. The monoisotopic (exact) mass is 219 g/mol. The molecule has 1 spiro atoms. The Morgan fingerprint density at radius 3 is 2.75 bits per heavy atom. The van der Waals surface area contributed by atoms with Crippen LogP contribution in [0.5, 0.6) is 0 Å². The van der Waals surface area contributed by atoms with Crippen molar-refractivity contribution in [3.05, 3.63) is 24.8 Å². The Balaban J connectivity index is 1.79. The molecule has 2 saturated carbocycles. The van der Waals surface area contributed by atoms with E-state index in [1.165, 1.54) is 12.8 Å². The van der Waals surface area contributed by atoms with Crippen molar-refractivity contribution in [3.8, 4) is 0 Å². The molecule has 3 rings (SSSR count). The SMILES string of the molecule is C=CCOC(=O)[C@@H]1[C@@H](N)[C@H]2C=C[C@@H]1C21CC1. The van der Waals surface area contributed by atoms with Crippen molar-refractivity contribution in [2.45, 2.75) is 18.9 Å². The minimum Gasteiger partial charge on any atom is -0.461 e. The molecule has 0 heterocycles. The Kier molecular flexibility index (Phi) is 2.02. The van der Waals surface area contributed by atoms with Crippen LogP contribution in [0, 0.1) is 23.2 Å². The number of carbonyl (C=O) groups is 1. The third-order valence-corrected chi connectivity index (χ3v) is 4.51. The highest BCUT2D eigenvalue weighted by atomic mass is 16.5. The first-order valence-electron chi connectivity index (χ1n) is 5.92. The summed E-state index contributed by atoms with van der Waals surface area (Å²) in [5.74, 6) is 0.455. The Hall–Kier alpha value is -1.09. The third-order valence-electron chi connectivity index (χ3n) is 4.51. The van der Waals surface area contributed by atoms with Crippen molar-refractivity contribution < 1.29 is 9.53 Å². The molecule has 4 atom stereocenters. The maximum atomic E-state index is 11.9. The molecule has 2 bridgehead atoms. The quantitative estimate of drug-likeness (QED) is 0.574. The highest BCUT2D eigenvalue weighted by molar-refractivity contribution is 5.76. The van der Waals surface area contributed by atoms with Gasteiger partial charge < -0.3 is 10.5 Å². The summed E-state index contributed by atoms with van der Waals surface area (Å²) in [6, 6.07) is -0.0465. The molecule has 0 aromatic heterocycles. The van der Waals surface area contributed by atoms with Crippen molar-refractivity contribution in [1.29, 1.82) is 0 Å². The summed E-state index contributed by atoms with van der Waals surface area (Å²) in [7, 11) is 0. The van der Waals surface area contributed by atoms with E-state index in [0.717, 1.165) is 0 Å². The first-order valence-corrected chi connectivity index (χ1v) is 5.92. The molecule has 16 heavy (non-hydrogen) atoms. The summed E-state index contributed by atoms with van der Waals surface area (Å²) in [6.45, 7) is 3.83. The first kappa shape index (κ1) is 10.1. The highest BCUT2D eigenvalue weighted by Gasteiger charge is 2.67. The zero-order valence-corrected chi connectivity index (χ0v) is 9.26. The summed E-state index contributed by atoms with van der Waals surface area (Å²) in [4.78, 5) is 11.9. The van der Waals surface area contributed by atoms with Gasteiger partial charge in [0.1, 0.15) is 6.61 Å². The van der Waals surface area contributed by atoms with E-state index in [2.05, 4.69) is 18.7 Å². The molecule has 0 saturated heterocycles. The number of carbonyl (C=O) groups excluding carboxylic acids is 1. The Labute approximate surface area is 95.3 Å². The fourth-order valence-electron chi connectivity index (χ4n) is 3.65. The average Bonchev–Trinajstić information content (AvgIpc) is 2.93. The fraction of sp³-hybridized carbons (Fsp3) is 0.615. The van der Waals surface area contributed by atoms with Gasteiger partial charge in [-0.05, 0) is 30.1 Å². The molecular weight excluding hydrogens is 202 g/mol. The number of nitrogens with two attached hydrogens (primary N) is 1. The molecule has 0 unspecified atom stereocenters. The van der Waals surface area contributed by atoms with Crippen LogP contribution in [-0.2, 0) is 9.53 Å². The number of hydrogen-bond donors (Lipinski definition) is 1. The molecule has 0 aromatic carbocycles. The van der Waals surface area contributed by atoms with Gasteiger partial charge in [0.05, 0.1) is 5.92 Å². The van der Waals surface area contributed by atoms with Gasteiger partial charge >= 0.3 is 5.97 Å². The predicted molar refractivity (Wildman–Crippen MR) is 60.4 cm³/mol. The summed E-state index contributed by atoms with van der Waals surface area (Å²) in [6.07, 6.45) is 8.42. The van der Waals surface area contributed by atoms with Crippen LogP contribution in [-0.4, -0.2) is 18.6 Å². The maximum Gasteiger partial charge on any atom is 0.311 e. The van der Waals surface area contributed by atoms with Gasteiger partial charge in [0.25, 0.3) is 0 Å². The van der Waals surface area contributed by atoms with Gasteiger partial charge in [-0.2, -0.15) is 0 Å². The second-order valence-electron chi connectivity index (χ2n) is 5.19. The van der Waals surface area contributed by atoms with Crippen LogP contribution in [0.15, 0.2) is 24.8 Å². The number of ether oxygens (including phenoxy) is 1. The number of allylic oxidation sites excluding steroid dienone is 1. The Morgan fingerprint density at radius 2 is 2.19 bits per heavy atom. The standard InChI is InChI=1S/C13H17NO2/c1-2-7-16-12(15)10-8-3-4-9(11(10)14)13(8)5-6-13/h2-4,8-11H,1,5-7,14H2/t8-,9+,10-,11-/m0/s1. The predicted octanol–water partition coefficient (Wildman–Crippen LogP) is 1.26. The van der Waals surface area contributed by atoms with E-state index in [1.54, 1.807) is 6.08 Å². The van der Waals surface area contributed by atoms with Crippen LogP contribution >= 0.6 is 0 Å². The van der Waals surface area contributed by atoms with E-state index in [4.69, 9.17) is 10.5 Å². The van der Waals surface area contributed by atoms with Crippen molar-refractivity contribution in [3.63, 3.8) is 0 Å². The summed E-state index contributed by atoms with van der Waals surface area (Å²) >= 11 is 0. The summed E-state index contributed by atoms with van der Waals surface area (Å²) in [5, 5.41) is 0. The zero-order chi connectivity index (χ0) is 11.3. The lowest BCUT2D eigenvalue weighted by Gasteiger charge is -2.22. The van der Waals surface area contributed by atoms with Crippen molar-refractivity contribution in [2.75, 3.05) is 6.61 Å². The molecule has 2 fully saturated rings. The third kappa shape index (κ3) is 1.09. The van der Waals surface area contributed by atoms with Crippen molar-refractivity contribution >= 4 is 5.97 Å². The molecule has 0 radical (unpaired) electrons. The molecular formula is C13H17NO2. The van der Waals surface area contributed by atoms with Crippen LogP contribution in [0.3, 0.4) is 0 Å². The molecule has 0 aliphatic heterocycles. The molecule has 3 aliphatic carbocycles. The summed E-state index contributed by atoms with van der Waals surface area (Å²) in [5.41, 5.74) is 6.51. The number of esters is 1. The van der Waals surface area contributed by atoms with Gasteiger partial charge in [-0.15, -0.1) is 0 Å². The van der Waals surface area contributed by atoms with E-state index in [1.807, 2.05) is 0 Å². The fourth-order valence-corrected chi connectivity index (χ4v) is 3.65. The zero-order valence-electron chi connectivity index (χ0n) is 9.26. The van der Waals surface area contributed by atoms with Crippen LogP contribution < -0.4 is 5.73 Å². The molecule has 2 N–H and O–H groups in total. The average molecular weight is 219 g/mol. The second-order valence-corrected chi connectivity index (χ2v) is 5.19. The van der Waals surface area contributed by atoms with Crippen LogP contribution in [0.25, 0.3) is 0 Å². The number of rotatable bonds is 3. The van der Waals surface area contributed by atoms with Crippen molar-refractivity contribution in [2.24, 2.45) is 28.9 Å². The van der Waals surface area contributed by atoms with Crippen LogP contribution in [0.4, 0.5) is 0 Å². The van der Waals surface area contributed by atoms with Gasteiger partial charge in [-0.1, -0.05) is 24.8 Å². The molecule has 3 nitrogen and oxygen atoms in total. The number of hydrogen-bond acceptors (Lipinski definition) is 3. The van der Waals surface area contributed by atoms with Gasteiger partial charge in [0.15, 0.2) is 0 Å². The van der Waals surface area contributed by atoms with Gasteiger partial charge in [0, 0.05) is 6.04 Å². The normalized spacial score (nSPS) is 41.3. The lowest BCUT2D eigenvalue weighted by molar-refractivity contribution is -0.148. The first-order chi connectivity index (χ1) is 7.70. The minimum atomic E-state index is -0.143. The van der Waals surface area contributed by atoms with Gasteiger partial charge in [-0.3, -0.25) is 4.79 Å². The molecule has 0 aromatic rings. The minimum absolute atomic E-state index is 0.0465. The second kappa shape index (κ2) is 3.20. The van der Waals surface area contributed by atoms with E-state index in [9.17, 15) is 4.79 Å². The molecule has 86 valence electrons. The van der Waals surface area contributed by atoms with E-state index < -0.39 is 0 Å². The van der Waals surface area contributed by atoms with Crippen LogP contribution in [0.2, 0.25) is 0 Å². The van der Waals surface area contributed by atoms with Crippen molar-refractivity contribution in [1.82, 2.24) is 0 Å². The topological polar surface area (TPSA) is 52.3 Å². The molecule has 3 heteroatoms. The van der Waals surface area contributed by atoms with Gasteiger partial charge in [0.2, 0.25) is 0 Å². The maximum absolute atomic E-state index is 11.9. The van der Waals surface area contributed by atoms with Gasteiger partial charge in [-0.25, -0.2) is 0 Å². The Bertz CT molecular complexity index is 370. The Morgan fingerprint density at radius 1 is 1.50 bits per heavy atom.